The van der Waals surface area contributed by atoms with Gasteiger partial charge in [0.15, 0.2) is 0 Å². The summed E-state index contributed by atoms with van der Waals surface area (Å²) in [5, 5.41) is 3.34. The van der Waals surface area contributed by atoms with Gasteiger partial charge in [-0.25, -0.2) is 4.79 Å². The zero-order valence-electron chi connectivity index (χ0n) is 11.9. The van der Waals surface area contributed by atoms with Crippen LogP contribution in [0.4, 0.5) is 5.00 Å². The van der Waals surface area contributed by atoms with E-state index in [1.165, 1.54) is 18.4 Å². The van der Waals surface area contributed by atoms with Crippen LogP contribution in [0.25, 0.3) is 0 Å². The summed E-state index contributed by atoms with van der Waals surface area (Å²) in [6.45, 7) is 4.70. The molecule has 0 radical (unpaired) electrons. The molecule has 0 spiro atoms. The van der Waals surface area contributed by atoms with Crippen LogP contribution in [0.2, 0.25) is 0 Å². The van der Waals surface area contributed by atoms with Crippen LogP contribution in [0.3, 0.4) is 0 Å². The molecule has 1 atom stereocenters. The van der Waals surface area contributed by atoms with Crippen molar-refractivity contribution < 1.29 is 19.1 Å². The molecule has 1 N–H and O–H groups in total. The van der Waals surface area contributed by atoms with Crippen molar-refractivity contribution in [3.8, 4) is 0 Å². The number of carbonyl (C=O) groups excluding carboxylic acids is 2. The van der Waals surface area contributed by atoms with Gasteiger partial charge in [-0.15, -0.1) is 11.3 Å². The van der Waals surface area contributed by atoms with Crippen molar-refractivity contribution in [3.63, 3.8) is 0 Å². The van der Waals surface area contributed by atoms with Crippen LogP contribution in [0.15, 0.2) is 6.07 Å². The van der Waals surface area contributed by atoms with Gasteiger partial charge in [0, 0.05) is 11.5 Å². The summed E-state index contributed by atoms with van der Waals surface area (Å²) in [7, 11) is 1.33. The fourth-order valence-electron chi connectivity index (χ4n) is 2.03. The average Bonchev–Trinajstić information content (AvgIpc) is 3.06. The number of esters is 1. The number of amides is 1. The number of methoxy groups -OCH3 is 1. The monoisotopic (exact) mass is 297 g/mol. The Balaban J connectivity index is 2.20. The molecule has 0 bridgehead atoms. The molecule has 0 saturated carbocycles. The van der Waals surface area contributed by atoms with Gasteiger partial charge in [0.05, 0.1) is 12.7 Å². The fraction of sp³-hybridized carbons (Fsp3) is 0.571. The number of thiophene rings is 1. The molecular formula is C14H19NO4S. The Morgan fingerprint density at radius 1 is 1.50 bits per heavy atom. The molecule has 1 fully saturated rings. The van der Waals surface area contributed by atoms with Crippen LogP contribution in [0, 0.1) is 0 Å². The normalized spacial score (nSPS) is 18.3. The van der Waals surface area contributed by atoms with Crippen LogP contribution in [-0.4, -0.2) is 31.7 Å². The fourth-order valence-corrected chi connectivity index (χ4v) is 3.08. The van der Waals surface area contributed by atoms with Crippen molar-refractivity contribution in [1.82, 2.24) is 0 Å². The van der Waals surface area contributed by atoms with Gasteiger partial charge in [-0.2, -0.15) is 0 Å². The van der Waals surface area contributed by atoms with Gasteiger partial charge in [-0.1, -0.05) is 13.8 Å². The Kier molecular flexibility index (Phi) is 4.77. The Morgan fingerprint density at radius 2 is 2.25 bits per heavy atom. The van der Waals surface area contributed by atoms with Gasteiger partial charge in [-0.3, -0.25) is 4.79 Å². The SMILES string of the molecule is COC(=O)c1cc(C(C)C)sc1NC(=O)C1CCCO1. The average molecular weight is 297 g/mol. The van der Waals surface area contributed by atoms with Crippen molar-refractivity contribution in [1.29, 1.82) is 0 Å². The lowest BCUT2D eigenvalue weighted by molar-refractivity contribution is -0.124. The molecule has 0 aliphatic carbocycles. The first-order valence-corrected chi connectivity index (χ1v) is 7.49. The third kappa shape index (κ3) is 3.19. The smallest absolute Gasteiger partial charge is 0.340 e. The van der Waals surface area contributed by atoms with E-state index in [2.05, 4.69) is 5.32 Å². The quantitative estimate of drug-likeness (QED) is 0.868. The van der Waals surface area contributed by atoms with E-state index in [0.717, 1.165) is 17.7 Å². The van der Waals surface area contributed by atoms with Crippen LogP contribution in [-0.2, 0) is 14.3 Å². The first kappa shape index (κ1) is 15.0. The maximum absolute atomic E-state index is 12.1. The van der Waals surface area contributed by atoms with Crippen molar-refractivity contribution in [2.75, 3.05) is 19.0 Å². The second-order valence-electron chi connectivity index (χ2n) is 5.03. The molecule has 5 nitrogen and oxygen atoms in total. The second kappa shape index (κ2) is 6.37. The van der Waals surface area contributed by atoms with Crippen molar-refractivity contribution in [2.45, 2.75) is 38.7 Å². The predicted octanol–water partition coefficient (Wildman–Crippen LogP) is 2.78. The first-order valence-electron chi connectivity index (χ1n) is 6.67. The Morgan fingerprint density at radius 3 is 2.80 bits per heavy atom. The van der Waals surface area contributed by atoms with Crippen molar-refractivity contribution >= 4 is 28.2 Å². The van der Waals surface area contributed by atoms with E-state index in [-0.39, 0.29) is 11.8 Å². The number of carbonyl (C=O) groups is 2. The molecule has 1 aromatic heterocycles. The largest absolute Gasteiger partial charge is 0.465 e. The number of ether oxygens (including phenoxy) is 2. The number of rotatable bonds is 4. The van der Waals surface area contributed by atoms with Crippen LogP contribution < -0.4 is 5.32 Å². The molecule has 6 heteroatoms. The molecule has 2 rings (SSSR count). The van der Waals surface area contributed by atoms with Crippen molar-refractivity contribution in [3.05, 3.63) is 16.5 Å². The number of nitrogens with one attached hydrogen (secondary N) is 1. The van der Waals surface area contributed by atoms with E-state index in [4.69, 9.17) is 9.47 Å². The second-order valence-corrected chi connectivity index (χ2v) is 6.11. The molecule has 20 heavy (non-hydrogen) atoms. The van der Waals surface area contributed by atoms with Gasteiger partial charge in [-0.05, 0) is 24.8 Å². The minimum Gasteiger partial charge on any atom is -0.465 e. The maximum Gasteiger partial charge on any atom is 0.340 e. The van der Waals surface area contributed by atoms with E-state index in [0.29, 0.717) is 17.2 Å². The molecule has 1 amide bonds. The number of anilines is 1. The Hall–Kier alpha value is -1.40. The standard InChI is InChI=1S/C14H19NO4S/c1-8(2)11-7-9(14(17)18-3)13(20-11)15-12(16)10-5-4-6-19-10/h7-8,10H,4-6H2,1-3H3,(H,15,16). The molecule has 1 aromatic rings. The first-order chi connectivity index (χ1) is 9.52. The molecule has 0 aromatic carbocycles. The van der Waals surface area contributed by atoms with E-state index < -0.39 is 12.1 Å². The maximum atomic E-state index is 12.1. The number of hydrogen-bond acceptors (Lipinski definition) is 5. The Bertz CT molecular complexity index is 503. The van der Waals surface area contributed by atoms with Gasteiger partial charge in [0.1, 0.15) is 11.1 Å². The van der Waals surface area contributed by atoms with Gasteiger partial charge in [0.25, 0.3) is 5.91 Å². The lowest BCUT2D eigenvalue weighted by atomic mass is 10.1. The zero-order valence-corrected chi connectivity index (χ0v) is 12.7. The number of hydrogen-bond donors (Lipinski definition) is 1. The topological polar surface area (TPSA) is 64.6 Å². The highest BCUT2D eigenvalue weighted by molar-refractivity contribution is 7.16. The molecular weight excluding hydrogens is 278 g/mol. The third-order valence-electron chi connectivity index (χ3n) is 3.18. The highest BCUT2D eigenvalue weighted by Crippen LogP contribution is 2.33. The zero-order chi connectivity index (χ0) is 14.7. The summed E-state index contributed by atoms with van der Waals surface area (Å²) in [4.78, 5) is 24.9. The third-order valence-corrected chi connectivity index (χ3v) is 4.54. The van der Waals surface area contributed by atoms with Crippen LogP contribution in [0.1, 0.15) is 47.8 Å². The summed E-state index contributed by atoms with van der Waals surface area (Å²) in [6, 6.07) is 1.78. The summed E-state index contributed by atoms with van der Waals surface area (Å²) in [5.74, 6) is -0.336. The van der Waals surface area contributed by atoms with E-state index in [1.54, 1.807) is 6.07 Å². The van der Waals surface area contributed by atoms with Gasteiger partial charge < -0.3 is 14.8 Å². The van der Waals surface area contributed by atoms with Gasteiger partial charge in [0.2, 0.25) is 0 Å². The molecule has 1 unspecified atom stereocenters. The van der Waals surface area contributed by atoms with Crippen molar-refractivity contribution in [2.24, 2.45) is 0 Å². The van der Waals surface area contributed by atoms with Crippen LogP contribution >= 0.6 is 11.3 Å². The lowest BCUT2D eigenvalue weighted by Crippen LogP contribution is -2.27. The summed E-state index contributed by atoms with van der Waals surface area (Å²) in [6.07, 6.45) is 1.20. The molecule has 1 aliphatic rings. The summed E-state index contributed by atoms with van der Waals surface area (Å²) >= 11 is 1.41. The Labute approximate surface area is 122 Å². The molecule has 2 heterocycles. The van der Waals surface area contributed by atoms with E-state index >= 15 is 0 Å². The minimum atomic E-state index is -0.434. The van der Waals surface area contributed by atoms with Crippen LogP contribution in [0.5, 0.6) is 0 Å². The predicted molar refractivity (Wildman–Crippen MR) is 77.4 cm³/mol. The highest BCUT2D eigenvalue weighted by Gasteiger charge is 2.26. The molecule has 110 valence electrons. The van der Waals surface area contributed by atoms with E-state index in [1.807, 2.05) is 13.8 Å². The van der Waals surface area contributed by atoms with Gasteiger partial charge >= 0.3 is 5.97 Å². The highest BCUT2D eigenvalue weighted by atomic mass is 32.1. The van der Waals surface area contributed by atoms with E-state index in [9.17, 15) is 9.59 Å². The minimum absolute atomic E-state index is 0.190. The molecule has 1 aliphatic heterocycles. The lowest BCUT2D eigenvalue weighted by Gasteiger charge is -2.10. The molecule has 1 saturated heterocycles. The summed E-state index contributed by atoms with van der Waals surface area (Å²) in [5.41, 5.74) is 0.410. The summed E-state index contributed by atoms with van der Waals surface area (Å²) < 4.78 is 10.1.